The zero-order valence-electron chi connectivity index (χ0n) is 14.4. The fourth-order valence-corrected chi connectivity index (χ4v) is 2.97. The summed E-state index contributed by atoms with van der Waals surface area (Å²) in [5.41, 5.74) is 5.32. The van der Waals surface area contributed by atoms with Gasteiger partial charge in [0.05, 0.1) is 6.54 Å². The molecule has 4 N–H and O–H groups in total. The van der Waals surface area contributed by atoms with Gasteiger partial charge in [-0.3, -0.25) is 14.6 Å². The molecule has 1 unspecified atom stereocenters. The first-order valence-electron chi connectivity index (χ1n) is 8.69. The van der Waals surface area contributed by atoms with Crippen LogP contribution in [0.3, 0.4) is 0 Å². The van der Waals surface area contributed by atoms with Gasteiger partial charge < -0.3 is 21.3 Å². The van der Waals surface area contributed by atoms with E-state index in [0.29, 0.717) is 25.4 Å². The predicted molar refractivity (Wildman–Crippen MR) is 105 cm³/mol. The number of hydrogen-bond acceptors (Lipinski definition) is 3. The molecule has 1 heterocycles. The van der Waals surface area contributed by atoms with Gasteiger partial charge in [-0.25, -0.2) is 0 Å². The molecule has 2 fully saturated rings. The number of likely N-dealkylation sites (tertiary alicyclic amines) is 1. The number of carbonyl (C=O) groups is 2. The van der Waals surface area contributed by atoms with Crippen LogP contribution < -0.4 is 16.4 Å². The van der Waals surface area contributed by atoms with E-state index in [9.17, 15) is 9.59 Å². The Labute approximate surface area is 161 Å². The second-order valence-corrected chi connectivity index (χ2v) is 6.43. The SMILES string of the molecule is CCNC(=NCCNC(=O)C1CC1)N1CCCC(CC(N)=O)C1.I. The second kappa shape index (κ2) is 10.7. The van der Waals surface area contributed by atoms with Crippen LogP contribution in [0.1, 0.15) is 39.0 Å². The Morgan fingerprint density at radius 3 is 2.62 bits per heavy atom. The second-order valence-electron chi connectivity index (χ2n) is 6.43. The van der Waals surface area contributed by atoms with Gasteiger partial charge in [-0.1, -0.05) is 0 Å². The maximum atomic E-state index is 11.6. The number of nitrogens with one attached hydrogen (secondary N) is 2. The number of aliphatic imine (C=N–C) groups is 1. The van der Waals surface area contributed by atoms with Crippen molar-refractivity contribution in [2.24, 2.45) is 22.6 Å². The Balaban J connectivity index is 0.00000288. The Kier molecular flexibility index (Phi) is 9.38. The molecular formula is C16H30IN5O2. The molecule has 0 aromatic carbocycles. The maximum absolute atomic E-state index is 11.6. The van der Waals surface area contributed by atoms with Crippen molar-refractivity contribution in [2.45, 2.75) is 39.0 Å². The summed E-state index contributed by atoms with van der Waals surface area (Å²) in [4.78, 5) is 29.5. The summed E-state index contributed by atoms with van der Waals surface area (Å²) in [6.45, 7) is 5.72. The summed E-state index contributed by atoms with van der Waals surface area (Å²) in [5, 5.41) is 6.22. The fraction of sp³-hybridized carbons (Fsp3) is 0.812. The van der Waals surface area contributed by atoms with Gasteiger partial charge in [0.25, 0.3) is 0 Å². The molecule has 1 saturated carbocycles. The standard InChI is InChI=1S/C16H29N5O2.HI/c1-2-18-16(20-8-7-19-15(23)13-5-6-13)21-9-3-4-12(11-21)10-14(17)22;/h12-13H,2-11H2,1H3,(H2,17,22)(H,18,20)(H,19,23);1H. The first-order valence-corrected chi connectivity index (χ1v) is 8.69. The smallest absolute Gasteiger partial charge is 0.223 e. The van der Waals surface area contributed by atoms with Crippen molar-refractivity contribution in [3.8, 4) is 0 Å². The van der Waals surface area contributed by atoms with Crippen molar-refractivity contribution in [1.29, 1.82) is 0 Å². The summed E-state index contributed by atoms with van der Waals surface area (Å²) in [5.74, 6) is 1.33. The highest BCUT2D eigenvalue weighted by molar-refractivity contribution is 14.0. The van der Waals surface area contributed by atoms with Gasteiger partial charge in [-0.05, 0) is 38.5 Å². The monoisotopic (exact) mass is 451 g/mol. The van der Waals surface area contributed by atoms with Crippen LogP contribution in [0, 0.1) is 11.8 Å². The Morgan fingerprint density at radius 1 is 1.25 bits per heavy atom. The molecule has 138 valence electrons. The third-order valence-electron chi connectivity index (χ3n) is 4.26. The Bertz CT molecular complexity index is 454. The van der Waals surface area contributed by atoms with E-state index in [1.54, 1.807) is 0 Å². The van der Waals surface area contributed by atoms with E-state index in [4.69, 9.17) is 5.73 Å². The van der Waals surface area contributed by atoms with Gasteiger partial charge in [0.15, 0.2) is 5.96 Å². The van der Waals surface area contributed by atoms with Gasteiger partial charge in [-0.2, -0.15) is 0 Å². The third kappa shape index (κ3) is 7.23. The lowest BCUT2D eigenvalue weighted by molar-refractivity contribution is -0.122. The van der Waals surface area contributed by atoms with E-state index in [-0.39, 0.29) is 41.7 Å². The Morgan fingerprint density at radius 2 is 2.00 bits per heavy atom. The van der Waals surface area contributed by atoms with Crippen molar-refractivity contribution in [3.63, 3.8) is 0 Å². The number of hydrogen-bond donors (Lipinski definition) is 3. The zero-order valence-corrected chi connectivity index (χ0v) is 16.8. The first-order chi connectivity index (χ1) is 11.1. The van der Waals surface area contributed by atoms with E-state index in [0.717, 1.165) is 51.3 Å². The van der Waals surface area contributed by atoms with Gasteiger partial charge in [0.1, 0.15) is 0 Å². The van der Waals surface area contributed by atoms with Crippen molar-refractivity contribution in [1.82, 2.24) is 15.5 Å². The number of carbonyl (C=O) groups excluding carboxylic acids is 2. The van der Waals surface area contributed by atoms with Gasteiger partial charge in [0, 0.05) is 38.5 Å². The molecule has 1 aliphatic carbocycles. The molecule has 2 rings (SSSR count). The molecule has 1 atom stereocenters. The van der Waals surface area contributed by atoms with Crippen LogP contribution in [0.2, 0.25) is 0 Å². The molecule has 1 saturated heterocycles. The van der Waals surface area contributed by atoms with Crippen molar-refractivity contribution < 1.29 is 9.59 Å². The van der Waals surface area contributed by atoms with Crippen LogP contribution in [0.15, 0.2) is 4.99 Å². The van der Waals surface area contributed by atoms with E-state index >= 15 is 0 Å². The number of guanidine groups is 1. The third-order valence-corrected chi connectivity index (χ3v) is 4.26. The summed E-state index contributed by atoms with van der Waals surface area (Å²) < 4.78 is 0. The molecule has 8 heteroatoms. The number of nitrogens with two attached hydrogens (primary N) is 1. The van der Waals surface area contributed by atoms with Crippen molar-refractivity contribution in [2.75, 3.05) is 32.7 Å². The molecule has 0 bridgehead atoms. The van der Waals surface area contributed by atoms with Crippen molar-refractivity contribution in [3.05, 3.63) is 0 Å². The molecule has 24 heavy (non-hydrogen) atoms. The number of amides is 2. The highest BCUT2D eigenvalue weighted by Gasteiger charge is 2.29. The van der Waals surface area contributed by atoms with Gasteiger partial charge >= 0.3 is 0 Å². The lowest BCUT2D eigenvalue weighted by Gasteiger charge is -2.34. The highest BCUT2D eigenvalue weighted by atomic mass is 127. The van der Waals surface area contributed by atoms with Crippen LogP contribution in [-0.2, 0) is 9.59 Å². The quantitative estimate of drug-likeness (QED) is 0.230. The molecule has 0 radical (unpaired) electrons. The Hall–Kier alpha value is -1.06. The first kappa shape index (κ1) is 21.0. The average molecular weight is 451 g/mol. The molecule has 7 nitrogen and oxygen atoms in total. The maximum Gasteiger partial charge on any atom is 0.223 e. The number of halogens is 1. The molecule has 2 aliphatic rings. The zero-order chi connectivity index (χ0) is 16.7. The summed E-state index contributed by atoms with van der Waals surface area (Å²) in [7, 11) is 0. The van der Waals surface area contributed by atoms with Crippen molar-refractivity contribution >= 4 is 41.8 Å². The number of rotatable bonds is 7. The largest absolute Gasteiger partial charge is 0.370 e. The minimum Gasteiger partial charge on any atom is -0.370 e. The molecule has 2 amide bonds. The molecule has 0 aromatic rings. The number of nitrogens with zero attached hydrogens (tertiary/aromatic N) is 2. The van der Waals surface area contributed by atoms with E-state index in [1.165, 1.54) is 0 Å². The molecule has 1 aliphatic heterocycles. The summed E-state index contributed by atoms with van der Waals surface area (Å²) in [6, 6.07) is 0. The van der Waals surface area contributed by atoms with Crippen LogP contribution in [0.25, 0.3) is 0 Å². The van der Waals surface area contributed by atoms with E-state index < -0.39 is 0 Å². The lowest BCUT2D eigenvalue weighted by atomic mass is 9.95. The van der Waals surface area contributed by atoms with Gasteiger partial charge in [0.2, 0.25) is 11.8 Å². The minimum absolute atomic E-state index is 0. The minimum atomic E-state index is -0.235. The average Bonchev–Trinajstić information content (AvgIpc) is 3.34. The van der Waals surface area contributed by atoms with Crippen LogP contribution >= 0.6 is 24.0 Å². The number of primary amides is 1. The predicted octanol–water partition coefficient (Wildman–Crippen LogP) is 0.684. The van der Waals surface area contributed by atoms with Crippen LogP contribution in [0.4, 0.5) is 0 Å². The summed E-state index contributed by atoms with van der Waals surface area (Å²) in [6.07, 6.45) is 4.56. The van der Waals surface area contributed by atoms with E-state index in [2.05, 4.69) is 20.5 Å². The fourth-order valence-electron chi connectivity index (χ4n) is 2.97. The lowest BCUT2D eigenvalue weighted by Crippen LogP contribution is -2.47. The topological polar surface area (TPSA) is 99.8 Å². The molecule has 0 spiro atoms. The highest BCUT2D eigenvalue weighted by Crippen LogP contribution is 2.28. The van der Waals surface area contributed by atoms with Crippen LogP contribution in [-0.4, -0.2) is 55.4 Å². The van der Waals surface area contributed by atoms with Gasteiger partial charge in [-0.15, -0.1) is 24.0 Å². The number of piperidine rings is 1. The van der Waals surface area contributed by atoms with E-state index in [1.807, 2.05) is 6.92 Å². The normalized spacial score (nSPS) is 21.0. The molecular weight excluding hydrogens is 421 g/mol. The summed E-state index contributed by atoms with van der Waals surface area (Å²) >= 11 is 0. The van der Waals surface area contributed by atoms with Crippen LogP contribution in [0.5, 0.6) is 0 Å². The molecule has 0 aromatic heterocycles.